The van der Waals surface area contributed by atoms with Crippen molar-refractivity contribution in [2.45, 2.75) is 31.2 Å². The molecule has 1 saturated heterocycles. The fraction of sp³-hybridized carbons (Fsp3) is 0.292. The van der Waals surface area contributed by atoms with Crippen molar-refractivity contribution in [2.24, 2.45) is 5.92 Å². The summed E-state index contributed by atoms with van der Waals surface area (Å²) in [6.45, 7) is 2.29. The van der Waals surface area contributed by atoms with E-state index in [9.17, 15) is 22.0 Å². The molecule has 0 radical (unpaired) electrons. The topological polar surface area (TPSA) is 70.8 Å². The highest BCUT2D eigenvalue weighted by Gasteiger charge is 2.35. The second-order valence-corrected chi connectivity index (χ2v) is 10.00. The molecule has 174 valence electrons. The zero-order chi connectivity index (χ0) is 23.6. The maximum atomic E-state index is 14.1. The van der Waals surface area contributed by atoms with E-state index >= 15 is 0 Å². The third-order valence-corrected chi connectivity index (χ3v) is 7.73. The van der Waals surface area contributed by atoms with Crippen molar-refractivity contribution in [2.75, 3.05) is 18.0 Å². The van der Waals surface area contributed by atoms with Gasteiger partial charge < -0.3 is 9.32 Å². The molecule has 1 aliphatic rings. The Labute approximate surface area is 191 Å². The van der Waals surface area contributed by atoms with Crippen molar-refractivity contribution < 1.29 is 26.4 Å². The number of hydrogen-bond donors (Lipinski definition) is 0. The summed E-state index contributed by atoms with van der Waals surface area (Å²) in [4.78, 5) is 14.4. The molecule has 1 aromatic heterocycles. The van der Waals surface area contributed by atoms with Gasteiger partial charge in [-0.1, -0.05) is 17.7 Å². The highest BCUT2D eigenvalue weighted by molar-refractivity contribution is 7.89. The molecular formula is C24H24F2N2O4S. The average Bonchev–Trinajstić information content (AvgIpc) is 3.33. The van der Waals surface area contributed by atoms with Crippen LogP contribution in [0.15, 0.2) is 70.2 Å². The molecule has 1 aliphatic heterocycles. The quantitative estimate of drug-likeness (QED) is 0.528. The van der Waals surface area contributed by atoms with Crippen LogP contribution in [0.25, 0.3) is 0 Å². The fourth-order valence-electron chi connectivity index (χ4n) is 3.96. The fourth-order valence-corrected chi connectivity index (χ4v) is 5.50. The molecule has 2 aromatic carbocycles. The molecule has 33 heavy (non-hydrogen) atoms. The van der Waals surface area contributed by atoms with E-state index in [1.165, 1.54) is 0 Å². The number of carbonyl (C=O) groups is 1. The van der Waals surface area contributed by atoms with Crippen LogP contribution in [0.4, 0.5) is 14.5 Å². The van der Waals surface area contributed by atoms with Crippen molar-refractivity contribution in [3.05, 3.63) is 83.8 Å². The molecule has 4 rings (SSSR count). The number of nitrogens with zero attached hydrogens (tertiary/aromatic N) is 2. The number of hydrogen-bond acceptors (Lipinski definition) is 4. The highest BCUT2D eigenvalue weighted by atomic mass is 32.2. The van der Waals surface area contributed by atoms with E-state index in [4.69, 9.17) is 4.42 Å². The Hall–Kier alpha value is -3.04. The summed E-state index contributed by atoms with van der Waals surface area (Å²) < 4.78 is 59.9. The van der Waals surface area contributed by atoms with Crippen molar-refractivity contribution in [3.8, 4) is 0 Å². The lowest BCUT2D eigenvalue weighted by Crippen LogP contribution is -2.44. The molecule has 2 heterocycles. The van der Waals surface area contributed by atoms with E-state index < -0.39 is 32.5 Å². The van der Waals surface area contributed by atoms with E-state index in [-0.39, 0.29) is 38.4 Å². The van der Waals surface area contributed by atoms with Crippen molar-refractivity contribution in [1.29, 1.82) is 0 Å². The number of aryl methyl sites for hydroxylation is 1. The Morgan fingerprint density at radius 3 is 2.42 bits per heavy atom. The number of halogens is 2. The molecule has 0 atom stereocenters. The van der Waals surface area contributed by atoms with Crippen LogP contribution >= 0.6 is 0 Å². The molecule has 1 fully saturated rings. The Bertz CT molecular complexity index is 1220. The summed E-state index contributed by atoms with van der Waals surface area (Å²) >= 11 is 0. The standard InChI is InChI=1S/C24H24F2N2O4S/c1-17-4-7-20(8-5-17)28(16-21-3-2-14-32-21)24(29)18-10-12-27(13-11-18)33(30,31)23-15-19(25)6-9-22(23)26/h2-9,14-15,18H,10-13,16H2,1H3. The number of anilines is 1. The number of carbonyl (C=O) groups excluding carboxylic acids is 1. The molecule has 9 heteroatoms. The molecule has 6 nitrogen and oxygen atoms in total. The molecule has 0 aliphatic carbocycles. The Morgan fingerprint density at radius 1 is 1.09 bits per heavy atom. The summed E-state index contributed by atoms with van der Waals surface area (Å²) in [6.07, 6.45) is 2.09. The molecule has 0 N–H and O–H groups in total. The van der Waals surface area contributed by atoms with Gasteiger partial charge in [-0.3, -0.25) is 4.79 Å². The normalized spacial score (nSPS) is 15.5. The highest BCUT2D eigenvalue weighted by Crippen LogP contribution is 2.29. The van der Waals surface area contributed by atoms with Crippen molar-refractivity contribution in [1.82, 2.24) is 4.31 Å². The van der Waals surface area contributed by atoms with Gasteiger partial charge in [0.25, 0.3) is 0 Å². The summed E-state index contributed by atoms with van der Waals surface area (Å²) in [5, 5.41) is 0. The van der Waals surface area contributed by atoms with Crippen LogP contribution < -0.4 is 4.90 Å². The minimum absolute atomic E-state index is 0.0389. The Morgan fingerprint density at radius 2 is 1.79 bits per heavy atom. The van der Waals surface area contributed by atoms with Crippen molar-refractivity contribution >= 4 is 21.6 Å². The monoisotopic (exact) mass is 474 g/mol. The summed E-state index contributed by atoms with van der Waals surface area (Å²) in [7, 11) is -4.20. The second kappa shape index (κ2) is 9.44. The van der Waals surface area contributed by atoms with Gasteiger partial charge in [0.15, 0.2) is 0 Å². The molecular weight excluding hydrogens is 450 g/mol. The third kappa shape index (κ3) is 4.99. The van der Waals surface area contributed by atoms with Crippen LogP contribution in [-0.4, -0.2) is 31.7 Å². The van der Waals surface area contributed by atoms with Gasteiger partial charge in [0.05, 0.1) is 12.8 Å². The maximum Gasteiger partial charge on any atom is 0.246 e. The van der Waals surface area contributed by atoms with Gasteiger partial charge in [-0.05, 0) is 62.2 Å². The van der Waals surface area contributed by atoms with E-state index in [1.54, 1.807) is 23.3 Å². The largest absolute Gasteiger partial charge is 0.467 e. The van der Waals surface area contributed by atoms with Crippen LogP contribution in [0.2, 0.25) is 0 Å². The van der Waals surface area contributed by atoms with Crippen molar-refractivity contribution in [3.63, 3.8) is 0 Å². The molecule has 3 aromatic rings. The van der Waals surface area contributed by atoms with Crippen LogP contribution in [-0.2, 0) is 21.4 Å². The van der Waals surface area contributed by atoms with Crippen LogP contribution in [0.5, 0.6) is 0 Å². The lowest BCUT2D eigenvalue weighted by atomic mass is 9.96. The molecule has 0 bridgehead atoms. The van der Waals surface area contributed by atoms with Gasteiger partial charge in [-0.2, -0.15) is 4.31 Å². The number of amides is 1. The minimum Gasteiger partial charge on any atom is -0.467 e. The lowest BCUT2D eigenvalue weighted by molar-refractivity contribution is -0.123. The van der Waals surface area contributed by atoms with E-state index in [0.29, 0.717) is 11.8 Å². The minimum atomic E-state index is -4.20. The molecule has 1 amide bonds. The molecule has 0 spiro atoms. The van der Waals surface area contributed by atoms with Crippen LogP contribution in [0, 0.1) is 24.5 Å². The first kappa shape index (κ1) is 23.1. The van der Waals surface area contributed by atoms with Gasteiger partial charge in [0.1, 0.15) is 22.3 Å². The first-order valence-corrected chi connectivity index (χ1v) is 12.1. The zero-order valence-electron chi connectivity index (χ0n) is 18.1. The Kier molecular flexibility index (Phi) is 6.62. The molecule has 0 unspecified atom stereocenters. The number of rotatable bonds is 6. The number of furan rings is 1. The average molecular weight is 475 g/mol. The Balaban J connectivity index is 1.50. The summed E-state index contributed by atoms with van der Waals surface area (Å²) in [6, 6.07) is 13.5. The van der Waals surface area contributed by atoms with E-state index in [2.05, 4.69) is 0 Å². The predicted molar refractivity (Wildman–Crippen MR) is 119 cm³/mol. The predicted octanol–water partition coefficient (Wildman–Crippen LogP) is 4.50. The van der Waals surface area contributed by atoms with Gasteiger partial charge in [-0.25, -0.2) is 17.2 Å². The van der Waals surface area contributed by atoms with Crippen LogP contribution in [0.1, 0.15) is 24.2 Å². The number of piperidine rings is 1. The number of benzene rings is 2. The van der Waals surface area contributed by atoms with Gasteiger partial charge in [0.2, 0.25) is 15.9 Å². The first-order chi connectivity index (χ1) is 15.8. The van der Waals surface area contributed by atoms with Gasteiger partial charge in [0, 0.05) is 24.7 Å². The summed E-state index contributed by atoms with van der Waals surface area (Å²) in [5.74, 6) is -1.75. The molecule has 0 saturated carbocycles. The lowest BCUT2D eigenvalue weighted by Gasteiger charge is -2.33. The summed E-state index contributed by atoms with van der Waals surface area (Å²) in [5.41, 5.74) is 1.78. The first-order valence-electron chi connectivity index (χ1n) is 10.6. The van der Waals surface area contributed by atoms with Crippen LogP contribution in [0.3, 0.4) is 0 Å². The zero-order valence-corrected chi connectivity index (χ0v) is 18.9. The number of sulfonamides is 1. The van der Waals surface area contributed by atoms with E-state index in [1.807, 2.05) is 31.2 Å². The SMILES string of the molecule is Cc1ccc(N(Cc2ccco2)C(=O)C2CCN(S(=O)(=O)c3cc(F)ccc3F)CC2)cc1. The maximum absolute atomic E-state index is 14.1. The van der Waals surface area contributed by atoms with Gasteiger partial charge in [-0.15, -0.1) is 0 Å². The second-order valence-electron chi connectivity index (χ2n) is 8.09. The third-order valence-electron chi connectivity index (χ3n) is 5.82. The van der Waals surface area contributed by atoms with Gasteiger partial charge >= 0.3 is 0 Å². The van der Waals surface area contributed by atoms with E-state index in [0.717, 1.165) is 27.7 Å². The smallest absolute Gasteiger partial charge is 0.246 e.